The van der Waals surface area contributed by atoms with Crippen molar-refractivity contribution in [2.24, 2.45) is 0 Å². The minimum atomic E-state index is -3.70. The summed E-state index contributed by atoms with van der Waals surface area (Å²) in [6, 6.07) is 11.7. The number of halogens is 2. The van der Waals surface area contributed by atoms with Gasteiger partial charge in [0.2, 0.25) is 0 Å². The molecule has 20 heavy (non-hydrogen) atoms. The first kappa shape index (κ1) is 15.0. The van der Waals surface area contributed by atoms with Crippen molar-refractivity contribution in [1.82, 2.24) is 0 Å². The molecule has 0 saturated heterocycles. The van der Waals surface area contributed by atoms with E-state index in [-0.39, 0.29) is 17.0 Å². The van der Waals surface area contributed by atoms with Gasteiger partial charge in [-0.05, 0) is 30.3 Å². The molecule has 106 valence electrons. The number of hydrogen-bond donors (Lipinski definition) is 1. The number of sulfone groups is 1. The average Bonchev–Trinajstić information content (AvgIpc) is 2.42. The Morgan fingerprint density at radius 2 is 1.70 bits per heavy atom. The lowest BCUT2D eigenvalue weighted by molar-refractivity contribution is -0.367. The Morgan fingerprint density at radius 3 is 2.25 bits per heavy atom. The quantitative estimate of drug-likeness (QED) is 0.940. The highest BCUT2D eigenvalue weighted by Crippen LogP contribution is 2.29. The predicted molar refractivity (Wildman–Crippen MR) is 75.5 cm³/mol. The van der Waals surface area contributed by atoms with Crippen molar-refractivity contribution in [2.45, 2.75) is 10.1 Å². The average molecular weight is 315 g/mol. The number of hydrogen-bond acceptors (Lipinski definition) is 2. The van der Waals surface area contributed by atoms with Crippen molar-refractivity contribution < 1.29 is 18.5 Å². The van der Waals surface area contributed by atoms with Crippen LogP contribution in [0.2, 0.25) is 5.02 Å². The predicted octanol–water partition coefficient (Wildman–Crippen LogP) is 2.24. The fourth-order valence-electron chi connectivity index (χ4n) is 2.00. The normalized spacial score (nSPS) is 13.2. The zero-order chi connectivity index (χ0) is 14.8. The third-order valence-electron chi connectivity index (χ3n) is 3.03. The van der Waals surface area contributed by atoms with Crippen LogP contribution in [0.15, 0.2) is 53.4 Å². The van der Waals surface area contributed by atoms with E-state index >= 15 is 0 Å². The van der Waals surface area contributed by atoms with Gasteiger partial charge in [-0.2, -0.15) is 0 Å². The Labute approximate surface area is 122 Å². The molecule has 0 aromatic heterocycles. The van der Waals surface area contributed by atoms with Gasteiger partial charge in [-0.15, -0.1) is 0 Å². The van der Waals surface area contributed by atoms with Crippen LogP contribution in [0.5, 0.6) is 0 Å². The summed E-state index contributed by atoms with van der Waals surface area (Å²) in [5.41, 5.74) is 3.78. The molecule has 3 nitrogen and oxygen atoms in total. The molecule has 3 N–H and O–H groups in total. The van der Waals surface area contributed by atoms with Crippen molar-refractivity contribution in [3.63, 3.8) is 0 Å². The largest absolute Gasteiger partial charge is 0.356 e. The van der Waals surface area contributed by atoms with Crippen LogP contribution in [-0.4, -0.2) is 15.0 Å². The first-order chi connectivity index (χ1) is 9.46. The minimum absolute atomic E-state index is 0.0475. The van der Waals surface area contributed by atoms with Gasteiger partial charge in [0, 0.05) is 10.6 Å². The molecular formula is C14H14ClFNO2S+. The van der Waals surface area contributed by atoms with E-state index in [1.165, 1.54) is 42.5 Å². The van der Waals surface area contributed by atoms with Crippen molar-refractivity contribution in [1.29, 1.82) is 0 Å². The van der Waals surface area contributed by atoms with E-state index in [2.05, 4.69) is 5.73 Å². The zero-order valence-corrected chi connectivity index (χ0v) is 12.2. The van der Waals surface area contributed by atoms with Crippen LogP contribution in [0, 0.1) is 5.82 Å². The molecule has 6 heteroatoms. The van der Waals surface area contributed by atoms with Crippen molar-refractivity contribution in [3.8, 4) is 0 Å². The van der Waals surface area contributed by atoms with Crippen molar-refractivity contribution in [3.05, 3.63) is 64.9 Å². The first-order valence-electron chi connectivity index (χ1n) is 6.00. The molecule has 0 aliphatic carbocycles. The molecule has 0 bridgehead atoms. The fourth-order valence-corrected chi connectivity index (χ4v) is 3.81. The molecule has 0 radical (unpaired) electrons. The summed E-state index contributed by atoms with van der Waals surface area (Å²) >= 11 is 5.75. The molecular weight excluding hydrogens is 301 g/mol. The van der Waals surface area contributed by atoms with Crippen LogP contribution < -0.4 is 5.73 Å². The van der Waals surface area contributed by atoms with Crippen LogP contribution in [0.1, 0.15) is 10.8 Å². The highest BCUT2D eigenvalue weighted by Gasteiger charge is 2.31. The van der Waals surface area contributed by atoms with Crippen LogP contribution in [0.25, 0.3) is 0 Å². The zero-order valence-electron chi connectivity index (χ0n) is 10.6. The number of quaternary nitrogens is 1. The van der Waals surface area contributed by atoms with Gasteiger partial charge in [0.05, 0.1) is 11.4 Å². The second-order valence-electron chi connectivity index (χ2n) is 4.30. The Hall–Kier alpha value is -1.43. The van der Waals surface area contributed by atoms with Crippen LogP contribution in [0.3, 0.4) is 0 Å². The fraction of sp³-hybridized carbons (Fsp3) is 0.143. The second kappa shape index (κ2) is 5.91. The molecule has 0 aliphatic heterocycles. The van der Waals surface area contributed by atoms with Crippen molar-refractivity contribution >= 4 is 21.4 Å². The lowest BCUT2D eigenvalue weighted by atomic mass is 10.1. The molecule has 0 amide bonds. The maximum absolute atomic E-state index is 13.8. The van der Waals surface area contributed by atoms with E-state index < -0.39 is 20.9 Å². The SMILES string of the molecule is [NH3+]C[C@H](c1ccccc1F)S(=O)(=O)c1ccc(Cl)cc1. The van der Waals surface area contributed by atoms with E-state index in [1.807, 2.05) is 0 Å². The Kier molecular flexibility index (Phi) is 4.42. The summed E-state index contributed by atoms with van der Waals surface area (Å²) in [5, 5.41) is -0.564. The second-order valence-corrected chi connectivity index (χ2v) is 6.86. The standard InChI is InChI=1S/C14H13ClFNO2S/c15-10-5-7-11(8-6-10)20(18,19)14(9-17)12-3-1-2-4-13(12)16/h1-8,14H,9,17H2/p+1/t14-/m1/s1. The smallest absolute Gasteiger partial charge is 0.191 e. The molecule has 2 rings (SSSR count). The maximum atomic E-state index is 13.8. The third-order valence-corrected chi connectivity index (χ3v) is 5.45. The highest BCUT2D eigenvalue weighted by atomic mass is 35.5. The first-order valence-corrected chi connectivity index (χ1v) is 7.92. The summed E-state index contributed by atoms with van der Waals surface area (Å²) in [6.45, 7) is 0.0475. The molecule has 0 spiro atoms. The van der Waals surface area contributed by atoms with E-state index in [9.17, 15) is 12.8 Å². The molecule has 0 heterocycles. The molecule has 0 fully saturated rings. The lowest BCUT2D eigenvalue weighted by Gasteiger charge is -2.15. The molecule has 2 aromatic carbocycles. The summed E-state index contributed by atoms with van der Waals surface area (Å²) < 4.78 is 39.0. The summed E-state index contributed by atoms with van der Waals surface area (Å²) in [4.78, 5) is 0.110. The van der Waals surface area contributed by atoms with E-state index in [0.29, 0.717) is 5.02 Å². The summed E-state index contributed by atoms with van der Waals surface area (Å²) in [6.07, 6.45) is 0. The van der Waals surface area contributed by atoms with E-state index in [4.69, 9.17) is 11.6 Å². The van der Waals surface area contributed by atoms with Gasteiger partial charge >= 0.3 is 0 Å². The van der Waals surface area contributed by atoms with Crippen molar-refractivity contribution in [2.75, 3.05) is 6.54 Å². The molecule has 0 unspecified atom stereocenters. The van der Waals surface area contributed by atoms with E-state index in [0.717, 1.165) is 0 Å². The highest BCUT2D eigenvalue weighted by molar-refractivity contribution is 7.91. The third kappa shape index (κ3) is 2.85. The molecule has 0 aliphatic rings. The van der Waals surface area contributed by atoms with Crippen LogP contribution in [-0.2, 0) is 9.84 Å². The Morgan fingerprint density at radius 1 is 1.10 bits per heavy atom. The Bertz CT molecular complexity index is 701. The molecule has 1 atom stereocenters. The van der Waals surface area contributed by atoms with Gasteiger partial charge in [-0.25, -0.2) is 12.8 Å². The lowest BCUT2D eigenvalue weighted by Crippen LogP contribution is -2.54. The molecule has 0 saturated carbocycles. The monoisotopic (exact) mass is 314 g/mol. The van der Waals surface area contributed by atoms with Gasteiger partial charge in [0.1, 0.15) is 11.1 Å². The topological polar surface area (TPSA) is 61.8 Å². The van der Waals surface area contributed by atoms with Crippen LogP contribution >= 0.6 is 11.6 Å². The van der Waals surface area contributed by atoms with E-state index in [1.54, 1.807) is 6.07 Å². The number of rotatable bonds is 4. The van der Waals surface area contributed by atoms with Gasteiger partial charge in [0.15, 0.2) is 9.84 Å². The minimum Gasteiger partial charge on any atom is -0.356 e. The van der Waals surface area contributed by atoms with Gasteiger partial charge in [-0.3, -0.25) is 0 Å². The van der Waals surface area contributed by atoms with Gasteiger partial charge < -0.3 is 5.73 Å². The van der Waals surface area contributed by atoms with Gasteiger partial charge in [-0.1, -0.05) is 29.8 Å². The maximum Gasteiger partial charge on any atom is 0.191 e. The van der Waals surface area contributed by atoms with Crippen LogP contribution in [0.4, 0.5) is 4.39 Å². The summed E-state index contributed by atoms with van der Waals surface area (Å²) in [7, 11) is -3.70. The number of benzene rings is 2. The molecule has 2 aromatic rings. The Balaban J connectivity index is 2.51. The summed E-state index contributed by atoms with van der Waals surface area (Å²) in [5.74, 6) is -0.543. The van der Waals surface area contributed by atoms with Gasteiger partial charge in [0.25, 0.3) is 0 Å².